The third kappa shape index (κ3) is 3.02. The van der Waals surface area contributed by atoms with E-state index in [4.69, 9.17) is 0 Å². The third-order valence-electron chi connectivity index (χ3n) is 6.47. The number of fused-ring (bicyclic) bond motifs is 1. The molecule has 3 fully saturated rings. The number of piperazine rings is 1. The number of benzene rings is 2. The molecule has 2 aromatic carbocycles. The van der Waals surface area contributed by atoms with E-state index in [0.29, 0.717) is 12.1 Å². The number of carbonyl (C=O) groups is 2. The molecule has 29 heavy (non-hydrogen) atoms. The van der Waals surface area contributed by atoms with Crippen LogP contribution in [0.25, 0.3) is 11.1 Å². The van der Waals surface area contributed by atoms with Gasteiger partial charge < -0.3 is 14.9 Å². The minimum absolute atomic E-state index is 0.0339. The number of carbonyl (C=O) groups excluding carboxylic acids is 2. The smallest absolute Gasteiger partial charge is 0.242 e. The molecule has 6 heteroatoms. The fourth-order valence-electron chi connectivity index (χ4n) is 4.84. The number of hydrogen-bond acceptors (Lipinski definition) is 3. The van der Waals surface area contributed by atoms with E-state index in [9.17, 15) is 19.1 Å². The molecule has 3 aliphatic rings. The van der Waals surface area contributed by atoms with Gasteiger partial charge in [0.25, 0.3) is 0 Å². The molecule has 2 amide bonds. The van der Waals surface area contributed by atoms with Gasteiger partial charge in [0, 0.05) is 23.9 Å². The second-order valence-corrected chi connectivity index (χ2v) is 8.24. The van der Waals surface area contributed by atoms with Crippen molar-refractivity contribution in [3.63, 3.8) is 0 Å². The molecule has 5 rings (SSSR count). The molecular weight excluding hydrogens is 371 g/mol. The molecular formula is C23H23FN2O3. The van der Waals surface area contributed by atoms with E-state index in [1.54, 1.807) is 28.0 Å². The Morgan fingerprint density at radius 2 is 1.83 bits per heavy atom. The Hall–Kier alpha value is -2.73. The lowest BCUT2D eigenvalue weighted by Crippen LogP contribution is -2.73. The molecule has 2 heterocycles. The van der Waals surface area contributed by atoms with Crippen LogP contribution in [0, 0.1) is 11.7 Å². The number of aliphatic hydroxyl groups is 1. The van der Waals surface area contributed by atoms with E-state index in [-0.39, 0.29) is 54.7 Å². The molecule has 0 bridgehead atoms. The summed E-state index contributed by atoms with van der Waals surface area (Å²) in [5.41, 5.74) is 2.33. The lowest BCUT2D eigenvalue weighted by Gasteiger charge is -2.58. The topological polar surface area (TPSA) is 60.9 Å². The lowest BCUT2D eigenvalue weighted by molar-refractivity contribution is -0.167. The second kappa shape index (κ2) is 6.95. The van der Waals surface area contributed by atoms with Gasteiger partial charge in [-0.05, 0) is 30.0 Å². The molecule has 150 valence electrons. The van der Waals surface area contributed by atoms with Crippen LogP contribution in [0.2, 0.25) is 0 Å². The molecule has 0 aromatic heterocycles. The maximum Gasteiger partial charge on any atom is 0.242 e. The van der Waals surface area contributed by atoms with Crippen LogP contribution >= 0.6 is 0 Å². The first-order valence-electron chi connectivity index (χ1n) is 10.1. The molecule has 1 aliphatic carbocycles. The van der Waals surface area contributed by atoms with Crippen molar-refractivity contribution in [2.75, 3.05) is 19.7 Å². The monoisotopic (exact) mass is 394 g/mol. The fourth-order valence-corrected chi connectivity index (χ4v) is 4.84. The van der Waals surface area contributed by atoms with Gasteiger partial charge in [-0.25, -0.2) is 4.39 Å². The van der Waals surface area contributed by atoms with E-state index in [0.717, 1.165) is 24.0 Å². The number of nitrogens with zero attached hydrogens (tertiary/aromatic N) is 2. The van der Waals surface area contributed by atoms with Gasteiger partial charge in [0.15, 0.2) is 0 Å². The number of rotatable bonds is 4. The average molecular weight is 394 g/mol. The SMILES string of the molecule is O=C(C1CC1)N1CC(=O)N2[C@@H](CO)[C@@H](c3ccc(-c4ccccc4F)cc3)[C@@H]2C1. The summed E-state index contributed by atoms with van der Waals surface area (Å²) in [6.07, 6.45) is 1.83. The third-order valence-corrected chi connectivity index (χ3v) is 6.47. The standard InChI is InChI=1S/C23H23FN2O3/c24-18-4-2-1-3-17(18)14-5-7-15(8-6-14)22-19-11-25(23(29)16-9-10-16)12-21(28)26(19)20(22)13-27/h1-8,16,19-20,22,27H,9-13H2/t19-,20-,22-/m0/s1. The van der Waals surface area contributed by atoms with Crippen molar-refractivity contribution in [1.82, 2.24) is 9.80 Å². The van der Waals surface area contributed by atoms with Crippen LogP contribution in [0.5, 0.6) is 0 Å². The summed E-state index contributed by atoms with van der Waals surface area (Å²) < 4.78 is 14.1. The van der Waals surface area contributed by atoms with Crippen molar-refractivity contribution >= 4 is 11.8 Å². The molecule has 2 saturated heterocycles. The van der Waals surface area contributed by atoms with Gasteiger partial charge in [0.1, 0.15) is 5.82 Å². The number of amides is 2. The van der Waals surface area contributed by atoms with E-state index in [1.807, 2.05) is 24.3 Å². The number of hydrogen-bond donors (Lipinski definition) is 1. The average Bonchev–Trinajstić information content (AvgIpc) is 3.55. The summed E-state index contributed by atoms with van der Waals surface area (Å²) in [4.78, 5) is 28.5. The van der Waals surface area contributed by atoms with Crippen molar-refractivity contribution in [3.05, 3.63) is 59.9 Å². The van der Waals surface area contributed by atoms with E-state index in [2.05, 4.69) is 0 Å². The van der Waals surface area contributed by atoms with Crippen molar-refractivity contribution < 1.29 is 19.1 Å². The summed E-state index contributed by atoms with van der Waals surface area (Å²) in [7, 11) is 0. The van der Waals surface area contributed by atoms with Gasteiger partial charge in [-0.2, -0.15) is 0 Å². The fraction of sp³-hybridized carbons (Fsp3) is 0.391. The van der Waals surface area contributed by atoms with Gasteiger partial charge in [0.2, 0.25) is 11.8 Å². The highest BCUT2D eigenvalue weighted by atomic mass is 19.1. The maximum absolute atomic E-state index is 14.1. The highest BCUT2D eigenvalue weighted by Crippen LogP contribution is 2.44. The van der Waals surface area contributed by atoms with Crippen LogP contribution in [0.15, 0.2) is 48.5 Å². The molecule has 1 saturated carbocycles. The molecule has 2 aliphatic heterocycles. The highest BCUT2D eigenvalue weighted by molar-refractivity contribution is 5.89. The Morgan fingerprint density at radius 1 is 1.10 bits per heavy atom. The van der Waals surface area contributed by atoms with Crippen molar-refractivity contribution in [2.45, 2.75) is 30.8 Å². The first kappa shape index (κ1) is 18.3. The first-order valence-corrected chi connectivity index (χ1v) is 10.1. The lowest BCUT2D eigenvalue weighted by atomic mass is 9.73. The van der Waals surface area contributed by atoms with Crippen LogP contribution in [0.3, 0.4) is 0 Å². The van der Waals surface area contributed by atoms with Gasteiger partial charge in [-0.15, -0.1) is 0 Å². The zero-order valence-corrected chi connectivity index (χ0v) is 16.0. The Labute approximate surface area is 168 Å². The quantitative estimate of drug-likeness (QED) is 0.866. The van der Waals surface area contributed by atoms with Gasteiger partial charge >= 0.3 is 0 Å². The molecule has 0 spiro atoms. The molecule has 3 atom stereocenters. The maximum atomic E-state index is 14.1. The van der Waals surface area contributed by atoms with Crippen LogP contribution in [-0.4, -0.2) is 58.5 Å². The number of aliphatic hydroxyl groups excluding tert-OH is 1. The predicted molar refractivity (Wildman–Crippen MR) is 105 cm³/mol. The molecule has 0 unspecified atom stereocenters. The minimum Gasteiger partial charge on any atom is -0.394 e. The molecule has 5 nitrogen and oxygen atoms in total. The van der Waals surface area contributed by atoms with Crippen LogP contribution in [0.1, 0.15) is 24.3 Å². The van der Waals surface area contributed by atoms with E-state index in [1.165, 1.54) is 6.07 Å². The van der Waals surface area contributed by atoms with Crippen LogP contribution < -0.4 is 0 Å². The Balaban J connectivity index is 1.40. The van der Waals surface area contributed by atoms with E-state index >= 15 is 0 Å². The van der Waals surface area contributed by atoms with Crippen molar-refractivity contribution in [1.29, 1.82) is 0 Å². The summed E-state index contributed by atoms with van der Waals surface area (Å²) in [5.74, 6) is -0.224. The highest BCUT2D eigenvalue weighted by Gasteiger charge is 2.55. The largest absolute Gasteiger partial charge is 0.394 e. The normalized spacial score (nSPS) is 26.1. The summed E-state index contributed by atoms with van der Waals surface area (Å²) >= 11 is 0. The van der Waals surface area contributed by atoms with Gasteiger partial charge in [0.05, 0.1) is 25.2 Å². The van der Waals surface area contributed by atoms with E-state index < -0.39 is 0 Å². The van der Waals surface area contributed by atoms with Crippen molar-refractivity contribution in [2.24, 2.45) is 5.92 Å². The summed E-state index contributed by atoms with van der Waals surface area (Å²) in [5, 5.41) is 9.89. The summed E-state index contributed by atoms with van der Waals surface area (Å²) in [6, 6.07) is 13.9. The first-order chi connectivity index (χ1) is 14.1. The molecule has 0 radical (unpaired) electrons. The van der Waals surface area contributed by atoms with Crippen molar-refractivity contribution in [3.8, 4) is 11.1 Å². The van der Waals surface area contributed by atoms with Gasteiger partial charge in [-0.3, -0.25) is 9.59 Å². The number of halogens is 1. The predicted octanol–water partition coefficient (Wildman–Crippen LogP) is 2.40. The zero-order chi connectivity index (χ0) is 20.1. The summed E-state index contributed by atoms with van der Waals surface area (Å²) in [6.45, 7) is 0.511. The van der Waals surface area contributed by atoms with Gasteiger partial charge in [-0.1, -0.05) is 42.5 Å². The molecule has 2 aromatic rings. The second-order valence-electron chi connectivity index (χ2n) is 8.24. The Morgan fingerprint density at radius 3 is 2.48 bits per heavy atom. The van der Waals surface area contributed by atoms with Crippen LogP contribution in [0.4, 0.5) is 4.39 Å². The minimum atomic E-state index is -0.273. The zero-order valence-electron chi connectivity index (χ0n) is 16.0. The van der Waals surface area contributed by atoms with Crippen LogP contribution in [-0.2, 0) is 9.59 Å². The molecule has 1 N–H and O–H groups in total. The Bertz CT molecular complexity index is 957. The Kier molecular flexibility index (Phi) is 4.39.